The molecule has 8 nitrogen and oxygen atoms in total. The molecule has 0 radical (unpaired) electrons. The van der Waals surface area contributed by atoms with Gasteiger partial charge in [0.1, 0.15) is 13.2 Å². The predicted molar refractivity (Wildman–Crippen MR) is 408 cm³/mol. The summed E-state index contributed by atoms with van der Waals surface area (Å²) in [4.78, 5) is 25.7. The molecule has 0 saturated heterocycles. The molecular weight excluding hydrogens is 1160 g/mol. The van der Waals surface area contributed by atoms with Gasteiger partial charge in [-0.05, 0) is 44.9 Å². The van der Waals surface area contributed by atoms with Crippen LogP contribution in [0.15, 0.2) is 36.5 Å². The van der Waals surface area contributed by atoms with Gasteiger partial charge in [0.15, 0.2) is 0 Å². The van der Waals surface area contributed by atoms with Crippen molar-refractivity contribution in [3.8, 4) is 0 Å². The largest absolute Gasteiger partial charge is 0.756 e. The van der Waals surface area contributed by atoms with Crippen LogP contribution in [0.25, 0.3) is 0 Å². The molecule has 0 bridgehead atoms. The molecular formula is C84H165N2O6P. The highest BCUT2D eigenvalue weighted by Crippen LogP contribution is 2.38. The molecule has 3 unspecified atom stereocenters. The molecule has 0 rings (SSSR count). The lowest BCUT2D eigenvalue weighted by Gasteiger charge is -2.29. The molecule has 0 aromatic carbocycles. The normalized spacial score (nSPS) is 13.6. The van der Waals surface area contributed by atoms with E-state index in [0.29, 0.717) is 17.4 Å². The molecule has 0 aliphatic carbocycles. The summed E-state index contributed by atoms with van der Waals surface area (Å²) in [7, 11) is 1.26. The molecule has 2 N–H and O–H groups in total. The second-order valence-electron chi connectivity index (χ2n) is 30.2. The maximum atomic E-state index is 13.1. The number of phosphoric ester groups is 1. The average Bonchev–Trinajstić information content (AvgIpc) is 2.57. The summed E-state index contributed by atoms with van der Waals surface area (Å²) in [5.41, 5.74) is 0. The van der Waals surface area contributed by atoms with Crippen LogP contribution < -0.4 is 10.2 Å². The fourth-order valence-electron chi connectivity index (χ4n) is 13.1. The molecule has 0 aliphatic rings. The second-order valence-corrected chi connectivity index (χ2v) is 31.6. The van der Waals surface area contributed by atoms with Crippen molar-refractivity contribution in [2.24, 2.45) is 0 Å². The van der Waals surface area contributed by atoms with Crippen molar-refractivity contribution in [2.45, 2.75) is 456 Å². The van der Waals surface area contributed by atoms with Crippen LogP contribution in [0.5, 0.6) is 0 Å². The van der Waals surface area contributed by atoms with E-state index in [1.54, 1.807) is 6.08 Å². The van der Waals surface area contributed by atoms with E-state index in [-0.39, 0.29) is 12.5 Å². The molecule has 1 amide bonds. The lowest BCUT2D eigenvalue weighted by molar-refractivity contribution is -0.870. The number of aliphatic hydroxyl groups excluding tert-OH is 1. The molecule has 0 saturated carbocycles. The highest BCUT2D eigenvalue weighted by atomic mass is 31.2. The number of amides is 1. The van der Waals surface area contributed by atoms with Crippen LogP contribution in [0.2, 0.25) is 0 Å². The van der Waals surface area contributed by atoms with Gasteiger partial charge in [0.05, 0.1) is 39.9 Å². The number of carbonyl (C=O) groups excluding carboxylic acids is 1. The van der Waals surface area contributed by atoms with Gasteiger partial charge in [-0.15, -0.1) is 0 Å². The Morgan fingerprint density at radius 2 is 0.602 bits per heavy atom. The maximum Gasteiger partial charge on any atom is 0.268 e. The van der Waals surface area contributed by atoms with Gasteiger partial charge in [0.2, 0.25) is 5.91 Å². The Morgan fingerprint density at radius 1 is 0.366 bits per heavy atom. The van der Waals surface area contributed by atoms with E-state index in [4.69, 9.17) is 9.05 Å². The Kier molecular flexibility index (Phi) is 73.9. The van der Waals surface area contributed by atoms with Crippen LogP contribution in [0.3, 0.4) is 0 Å². The highest BCUT2D eigenvalue weighted by Gasteiger charge is 2.23. The van der Waals surface area contributed by atoms with Gasteiger partial charge in [-0.25, -0.2) is 0 Å². The minimum Gasteiger partial charge on any atom is -0.756 e. The van der Waals surface area contributed by atoms with E-state index in [0.717, 1.165) is 44.9 Å². The Labute approximate surface area is 582 Å². The Hall–Kier alpha value is -1.28. The highest BCUT2D eigenvalue weighted by molar-refractivity contribution is 7.45. The van der Waals surface area contributed by atoms with E-state index in [9.17, 15) is 19.4 Å². The minimum atomic E-state index is -4.62. The third-order valence-corrected chi connectivity index (χ3v) is 20.5. The van der Waals surface area contributed by atoms with Crippen LogP contribution >= 0.6 is 7.82 Å². The maximum absolute atomic E-state index is 13.1. The number of hydrogen-bond acceptors (Lipinski definition) is 6. The molecule has 9 heteroatoms. The second kappa shape index (κ2) is 74.9. The fraction of sp³-hybridized carbons (Fsp3) is 0.917. The average molecular weight is 1330 g/mol. The first-order valence-electron chi connectivity index (χ1n) is 41.9. The van der Waals surface area contributed by atoms with Crippen molar-refractivity contribution >= 4 is 13.7 Å². The first-order valence-corrected chi connectivity index (χ1v) is 43.3. The number of allylic oxidation sites excluding steroid dienone is 5. The molecule has 552 valence electrons. The monoisotopic (exact) mass is 1330 g/mol. The van der Waals surface area contributed by atoms with E-state index in [2.05, 4.69) is 43.5 Å². The number of rotatable bonds is 79. The number of aliphatic hydroxyl groups is 1. The topological polar surface area (TPSA) is 108 Å². The number of unbranched alkanes of at least 4 members (excludes halogenated alkanes) is 62. The van der Waals surface area contributed by atoms with Gasteiger partial charge in [-0.3, -0.25) is 9.36 Å². The first kappa shape index (κ1) is 91.7. The van der Waals surface area contributed by atoms with E-state index in [1.807, 2.05) is 27.2 Å². The van der Waals surface area contributed by atoms with Crippen LogP contribution in [0.1, 0.15) is 444 Å². The van der Waals surface area contributed by atoms with Crippen LogP contribution in [0, 0.1) is 0 Å². The molecule has 0 aromatic heterocycles. The van der Waals surface area contributed by atoms with Crippen molar-refractivity contribution < 1.29 is 32.9 Å². The molecule has 0 fully saturated rings. The third kappa shape index (κ3) is 77.9. The van der Waals surface area contributed by atoms with Crippen molar-refractivity contribution in [1.29, 1.82) is 0 Å². The summed E-state index contributed by atoms with van der Waals surface area (Å²) in [6.07, 6.45) is 102. The predicted octanol–water partition coefficient (Wildman–Crippen LogP) is 26.9. The lowest BCUT2D eigenvalue weighted by Crippen LogP contribution is -2.45. The Bertz CT molecular complexity index is 1610. The third-order valence-electron chi connectivity index (χ3n) is 19.6. The number of carbonyl (C=O) groups is 1. The first-order chi connectivity index (χ1) is 45.5. The smallest absolute Gasteiger partial charge is 0.268 e. The molecule has 0 aliphatic heterocycles. The van der Waals surface area contributed by atoms with E-state index >= 15 is 0 Å². The number of phosphoric acid groups is 1. The van der Waals surface area contributed by atoms with Crippen LogP contribution in [-0.2, 0) is 18.4 Å². The van der Waals surface area contributed by atoms with Crippen LogP contribution in [-0.4, -0.2) is 68.5 Å². The summed E-state index contributed by atoms with van der Waals surface area (Å²) < 4.78 is 23.5. The van der Waals surface area contributed by atoms with Gasteiger partial charge < -0.3 is 28.8 Å². The zero-order valence-electron chi connectivity index (χ0n) is 63.5. The van der Waals surface area contributed by atoms with Gasteiger partial charge in [0, 0.05) is 6.42 Å². The van der Waals surface area contributed by atoms with Crippen molar-refractivity contribution in [3.63, 3.8) is 0 Å². The summed E-state index contributed by atoms with van der Waals surface area (Å²) in [5.74, 6) is -0.202. The van der Waals surface area contributed by atoms with Gasteiger partial charge >= 0.3 is 0 Å². The van der Waals surface area contributed by atoms with E-state index < -0.39 is 26.6 Å². The zero-order valence-corrected chi connectivity index (χ0v) is 64.4. The van der Waals surface area contributed by atoms with Crippen molar-refractivity contribution in [3.05, 3.63) is 36.5 Å². The quantitative estimate of drug-likeness (QED) is 0.0272. The number of hydrogen-bond donors (Lipinski definition) is 2. The van der Waals surface area contributed by atoms with E-state index in [1.165, 1.54) is 379 Å². The Morgan fingerprint density at radius 3 is 0.871 bits per heavy atom. The molecule has 0 spiro atoms. The molecule has 93 heavy (non-hydrogen) atoms. The number of nitrogens with one attached hydrogen (secondary N) is 1. The molecule has 0 aromatic rings. The number of quaternary nitrogens is 1. The van der Waals surface area contributed by atoms with Gasteiger partial charge in [0.25, 0.3) is 7.82 Å². The standard InChI is InChI=1S/C84H165N2O6P/c1-6-8-10-12-14-16-18-20-22-24-26-28-30-32-34-36-38-40-41-42-43-44-45-46-48-50-52-54-56-58-60-62-64-66-68-70-72-74-76-78-84(88)85-82(81-92-93(89,90)91-80-79-86(3,4)5)83(87)77-75-73-71-69-67-65-63-61-59-57-55-53-51-49-47-39-37-35-33-31-29-27-25-23-21-19-17-15-13-11-9-7-2/h59,61,67,69,75,77,82-83,87H,6-58,60,62-66,68,70-74,76,78-81H2,1-5H3,(H-,85,88,89,90)/b61-59+,69-67+,77-75+. The summed E-state index contributed by atoms with van der Waals surface area (Å²) in [6.45, 7) is 4.70. The minimum absolute atomic E-state index is 0.00689. The lowest BCUT2D eigenvalue weighted by atomic mass is 10.0. The van der Waals surface area contributed by atoms with Gasteiger partial charge in [-0.2, -0.15) is 0 Å². The number of nitrogens with zero attached hydrogens (tertiary/aromatic N) is 1. The van der Waals surface area contributed by atoms with Crippen molar-refractivity contribution in [1.82, 2.24) is 5.32 Å². The number of likely N-dealkylation sites (N-methyl/N-ethyl adjacent to an activating group) is 1. The summed E-state index contributed by atoms with van der Waals surface area (Å²) in [5, 5.41) is 14.0. The SMILES string of the molecule is CCCCCCCCCCCCCCCCCCCCCCCC/C=C/CC/C=C/CC/C=C/C(O)C(COP(=O)([O-])OCC[N+](C)(C)C)NC(=O)CCCCCCCCCCCCCCCCCCCCCCCCCCCCCCCCCCCCCCCCC. The zero-order chi connectivity index (χ0) is 67.6. The van der Waals surface area contributed by atoms with Crippen molar-refractivity contribution in [2.75, 3.05) is 40.9 Å². The molecule has 3 atom stereocenters. The van der Waals surface area contributed by atoms with Crippen LogP contribution in [0.4, 0.5) is 0 Å². The van der Waals surface area contributed by atoms with Gasteiger partial charge in [-0.1, -0.05) is 429 Å². The summed E-state index contributed by atoms with van der Waals surface area (Å²) >= 11 is 0. The molecule has 0 heterocycles. The Balaban J connectivity index is 3.95. The fourth-order valence-corrected chi connectivity index (χ4v) is 13.9. The summed E-state index contributed by atoms with van der Waals surface area (Å²) in [6, 6.07) is -0.911.